The normalized spacial score (nSPS) is 15.2. The molecule has 0 aliphatic carbocycles. The Kier molecular flexibility index (Phi) is 2.51. The van der Waals surface area contributed by atoms with E-state index in [1.807, 2.05) is 13.8 Å². The zero-order valence-corrected chi connectivity index (χ0v) is 9.36. The van der Waals surface area contributed by atoms with Crippen LogP contribution in [0.25, 0.3) is 0 Å². The minimum Gasteiger partial charge on any atom is -0.370 e. The lowest BCUT2D eigenvalue weighted by Crippen LogP contribution is -2.34. The Morgan fingerprint density at radius 2 is 2.13 bits per heavy atom. The van der Waals surface area contributed by atoms with Gasteiger partial charge in [0.1, 0.15) is 6.29 Å². The van der Waals surface area contributed by atoms with Crippen LogP contribution in [-0.4, -0.2) is 19.4 Å². The van der Waals surface area contributed by atoms with Gasteiger partial charge < -0.3 is 9.69 Å². The zero-order chi connectivity index (χ0) is 10.9. The van der Waals surface area contributed by atoms with E-state index in [2.05, 4.69) is 29.2 Å². The Bertz CT molecular complexity index is 371. The number of fused-ring (bicyclic) bond motifs is 1. The van der Waals surface area contributed by atoms with Gasteiger partial charge in [0, 0.05) is 24.2 Å². The van der Waals surface area contributed by atoms with Crippen LogP contribution in [0.3, 0.4) is 0 Å². The minimum atomic E-state index is -0.253. The van der Waals surface area contributed by atoms with Gasteiger partial charge in [0.05, 0.1) is 0 Å². The summed E-state index contributed by atoms with van der Waals surface area (Å²) in [5.41, 5.74) is 2.45. The highest BCUT2D eigenvalue weighted by Gasteiger charge is 2.25. The number of benzene rings is 1. The second kappa shape index (κ2) is 3.69. The maximum absolute atomic E-state index is 10.9. The average Bonchev–Trinajstić information content (AvgIpc) is 2.62. The highest BCUT2D eigenvalue weighted by molar-refractivity contribution is 5.63. The molecule has 2 nitrogen and oxygen atoms in total. The molecule has 0 atom stereocenters. The van der Waals surface area contributed by atoms with Crippen molar-refractivity contribution in [3.05, 3.63) is 29.8 Å². The van der Waals surface area contributed by atoms with Gasteiger partial charge in [0.25, 0.3) is 0 Å². The lowest BCUT2D eigenvalue weighted by Gasteiger charge is -2.27. The standard InChI is InChI=1S/C13H17NO/c1-13(2,10-15)9-14-8-7-11-5-3-4-6-12(11)14/h3-6,10H,7-9H2,1-2H3. The summed E-state index contributed by atoms with van der Waals surface area (Å²) in [6, 6.07) is 8.45. The summed E-state index contributed by atoms with van der Waals surface area (Å²) < 4.78 is 0. The van der Waals surface area contributed by atoms with Gasteiger partial charge in [-0.05, 0) is 18.1 Å². The third-order valence-electron chi connectivity index (χ3n) is 2.90. The molecule has 1 aromatic carbocycles. The molecular weight excluding hydrogens is 186 g/mol. The maximum Gasteiger partial charge on any atom is 0.127 e. The quantitative estimate of drug-likeness (QED) is 0.702. The van der Waals surface area contributed by atoms with Gasteiger partial charge in [-0.15, -0.1) is 0 Å². The van der Waals surface area contributed by atoms with Crippen molar-refractivity contribution in [3.63, 3.8) is 0 Å². The number of carbonyl (C=O) groups is 1. The smallest absolute Gasteiger partial charge is 0.127 e. The van der Waals surface area contributed by atoms with E-state index in [1.165, 1.54) is 11.3 Å². The number of carbonyl (C=O) groups excluding carboxylic acids is 1. The first-order valence-electron chi connectivity index (χ1n) is 5.41. The number of hydrogen-bond acceptors (Lipinski definition) is 2. The van der Waals surface area contributed by atoms with E-state index in [0.717, 1.165) is 25.8 Å². The number of hydrogen-bond donors (Lipinski definition) is 0. The Balaban J connectivity index is 2.18. The maximum atomic E-state index is 10.9. The zero-order valence-electron chi connectivity index (χ0n) is 9.36. The molecule has 0 radical (unpaired) electrons. The number of para-hydroxylation sites is 1. The fourth-order valence-corrected chi connectivity index (χ4v) is 2.10. The predicted molar refractivity (Wildman–Crippen MR) is 62.2 cm³/mol. The first kappa shape index (κ1) is 10.2. The number of anilines is 1. The SMILES string of the molecule is CC(C)(C=O)CN1CCc2ccccc21. The molecule has 15 heavy (non-hydrogen) atoms. The molecule has 0 spiro atoms. The molecule has 1 aliphatic heterocycles. The van der Waals surface area contributed by atoms with Crippen LogP contribution in [-0.2, 0) is 11.2 Å². The third kappa shape index (κ3) is 2.04. The summed E-state index contributed by atoms with van der Waals surface area (Å²) in [6.45, 7) is 5.83. The van der Waals surface area contributed by atoms with Crippen LogP contribution >= 0.6 is 0 Å². The van der Waals surface area contributed by atoms with E-state index >= 15 is 0 Å². The highest BCUT2D eigenvalue weighted by Crippen LogP contribution is 2.29. The van der Waals surface area contributed by atoms with E-state index in [9.17, 15) is 4.79 Å². The average molecular weight is 203 g/mol. The molecule has 0 N–H and O–H groups in total. The van der Waals surface area contributed by atoms with Crippen LogP contribution in [0.2, 0.25) is 0 Å². The third-order valence-corrected chi connectivity index (χ3v) is 2.90. The lowest BCUT2D eigenvalue weighted by molar-refractivity contribution is -0.114. The van der Waals surface area contributed by atoms with Crippen LogP contribution in [0.5, 0.6) is 0 Å². The Labute approximate surface area is 90.9 Å². The van der Waals surface area contributed by atoms with Crippen molar-refractivity contribution in [2.45, 2.75) is 20.3 Å². The molecule has 80 valence electrons. The largest absolute Gasteiger partial charge is 0.370 e. The summed E-state index contributed by atoms with van der Waals surface area (Å²) in [7, 11) is 0. The highest BCUT2D eigenvalue weighted by atomic mass is 16.1. The summed E-state index contributed by atoms with van der Waals surface area (Å²) in [4.78, 5) is 13.2. The van der Waals surface area contributed by atoms with Crippen molar-refractivity contribution in [1.29, 1.82) is 0 Å². The van der Waals surface area contributed by atoms with Crippen molar-refractivity contribution in [2.75, 3.05) is 18.0 Å². The van der Waals surface area contributed by atoms with Gasteiger partial charge in [-0.1, -0.05) is 32.0 Å². The summed E-state index contributed by atoms with van der Waals surface area (Å²) >= 11 is 0. The number of rotatable bonds is 3. The monoisotopic (exact) mass is 203 g/mol. The van der Waals surface area contributed by atoms with Crippen LogP contribution in [0.1, 0.15) is 19.4 Å². The van der Waals surface area contributed by atoms with Gasteiger partial charge in [0.2, 0.25) is 0 Å². The molecule has 1 aromatic rings. The first-order valence-corrected chi connectivity index (χ1v) is 5.41. The number of nitrogens with zero attached hydrogens (tertiary/aromatic N) is 1. The molecule has 1 heterocycles. The van der Waals surface area contributed by atoms with E-state index in [1.54, 1.807) is 0 Å². The van der Waals surface area contributed by atoms with Gasteiger partial charge in [-0.2, -0.15) is 0 Å². The molecular formula is C13H17NO. The van der Waals surface area contributed by atoms with Crippen molar-refractivity contribution in [3.8, 4) is 0 Å². The summed E-state index contributed by atoms with van der Waals surface area (Å²) in [6.07, 6.45) is 2.15. The van der Waals surface area contributed by atoms with Crippen LogP contribution in [0, 0.1) is 5.41 Å². The molecule has 0 fully saturated rings. The molecule has 0 bridgehead atoms. The molecule has 2 rings (SSSR count). The van der Waals surface area contributed by atoms with Crippen LogP contribution < -0.4 is 4.90 Å². The van der Waals surface area contributed by atoms with Gasteiger partial charge in [-0.3, -0.25) is 0 Å². The Hall–Kier alpha value is -1.31. The predicted octanol–water partition coefficient (Wildman–Crippen LogP) is 2.27. The fourth-order valence-electron chi connectivity index (χ4n) is 2.10. The number of aldehydes is 1. The molecule has 0 unspecified atom stereocenters. The van der Waals surface area contributed by atoms with Crippen molar-refractivity contribution >= 4 is 12.0 Å². The second-order valence-electron chi connectivity index (χ2n) is 4.91. The van der Waals surface area contributed by atoms with Crippen LogP contribution in [0.4, 0.5) is 5.69 Å². The fraction of sp³-hybridized carbons (Fsp3) is 0.462. The molecule has 0 saturated carbocycles. The minimum absolute atomic E-state index is 0.253. The molecule has 0 aromatic heterocycles. The summed E-state index contributed by atoms with van der Waals surface area (Å²) in [5.74, 6) is 0. The molecule has 0 amide bonds. The van der Waals surface area contributed by atoms with E-state index in [4.69, 9.17) is 0 Å². The Morgan fingerprint density at radius 3 is 2.87 bits per heavy atom. The molecule has 2 heteroatoms. The van der Waals surface area contributed by atoms with Gasteiger partial charge in [0.15, 0.2) is 0 Å². The topological polar surface area (TPSA) is 20.3 Å². The summed E-state index contributed by atoms with van der Waals surface area (Å²) in [5, 5.41) is 0. The van der Waals surface area contributed by atoms with Crippen LogP contribution in [0.15, 0.2) is 24.3 Å². The lowest BCUT2D eigenvalue weighted by atomic mass is 9.95. The first-order chi connectivity index (χ1) is 7.12. The van der Waals surface area contributed by atoms with E-state index in [0.29, 0.717) is 0 Å². The van der Waals surface area contributed by atoms with E-state index in [-0.39, 0.29) is 5.41 Å². The Morgan fingerprint density at radius 1 is 1.40 bits per heavy atom. The van der Waals surface area contributed by atoms with E-state index < -0.39 is 0 Å². The molecule has 1 aliphatic rings. The van der Waals surface area contributed by atoms with Gasteiger partial charge >= 0.3 is 0 Å². The van der Waals surface area contributed by atoms with Crippen molar-refractivity contribution in [2.24, 2.45) is 5.41 Å². The molecule has 0 saturated heterocycles. The van der Waals surface area contributed by atoms with Crippen molar-refractivity contribution in [1.82, 2.24) is 0 Å². The van der Waals surface area contributed by atoms with Gasteiger partial charge in [-0.25, -0.2) is 0 Å². The second-order valence-corrected chi connectivity index (χ2v) is 4.91. The van der Waals surface area contributed by atoms with Crippen molar-refractivity contribution < 1.29 is 4.79 Å².